The van der Waals surface area contributed by atoms with Crippen LogP contribution in [0.2, 0.25) is 0 Å². The van der Waals surface area contributed by atoms with E-state index >= 15 is 0 Å². The van der Waals surface area contributed by atoms with Crippen molar-refractivity contribution >= 4 is 22.0 Å². The molecular formula is C13H24N4O4S. The average molecular weight is 332 g/mol. The third-order valence-electron chi connectivity index (χ3n) is 3.92. The van der Waals surface area contributed by atoms with Gasteiger partial charge in [0.25, 0.3) is 0 Å². The van der Waals surface area contributed by atoms with E-state index in [1.54, 1.807) is 4.90 Å². The number of hydrogen-bond acceptors (Lipinski definition) is 4. The third kappa shape index (κ3) is 5.13. The SMILES string of the molecule is CS(=O)(=O)N[C@@H]1CCCN(C(=O)N[C@@H]2CCCCNC2=O)C1. The lowest BCUT2D eigenvalue weighted by atomic mass is 10.1. The van der Waals surface area contributed by atoms with Crippen molar-refractivity contribution in [2.75, 3.05) is 25.9 Å². The second-order valence-corrected chi connectivity index (χ2v) is 7.74. The molecule has 3 amide bonds. The predicted octanol–water partition coefficient (Wildman–Crippen LogP) is -0.622. The molecule has 0 spiro atoms. The first-order valence-corrected chi connectivity index (χ1v) is 9.55. The van der Waals surface area contributed by atoms with Crippen LogP contribution in [0.15, 0.2) is 0 Å². The molecule has 3 N–H and O–H groups in total. The highest BCUT2D eigenvalue weighted by Crippen LogP contribution is 2.12. The van der Waals surface area contributed by atoms with E-state index in [-0.39, 0.29) is 18.0 Å². The Labute approximate surface area is 131 Å². The molecule has 126 valence electrons. The Hall–Kier alpha value is -1.35. The summed E-state index contributed by atoms with van der Waals surface area (Å²) in [4.78, 5) is 25.7. The minimum Gasteiger partial charge on any atom is -0.354 e. The van der Waals surface area contributed by atoms with Gasteiger partial charge in [-0.3, -0.25) is 4.79 Å². The van der Waals surface area contributed by atoms with Gasteiger partial charge in [-0.2, -0.15) is 0 Å². The molecule has 2 fully saturated rings. The van der Waals surface area contributed by atoms with Crippen LogP contribution in [-0.4, -0.2) is 63.2 Å². The maximum Gasteiger partial charge on any atom is 0.318 e. The Kier molecular flexibility index (Phi) is 5.63. The largest absolute Gasteiger partial charge is 0.354 e. The van der Waals surface area contributed by atoms with Gasteiger partial charge in [0.15, 0.2) is 0 Å². The highest BCUT2D eigenvalue weighted by atomic mass is 32.2. The molecule has 2 aliphatic rings. The Bertz CT molecular complexity index is 522. The van der Waals surface area contributed by atoms with Crippen molar-refractivity contribution in [2.24, 2.45) is 0 Å². The maximum absolute atomic E-state index is 12.3. The third-order valence-corrected chi connectivity index (χ3v) is 4.68. The Morgan fingerprint density at radius 3 is 2.77 bits per heavy atom. The fourth-order valence-electron chi connectivity index (χ4n) is 2.88. The molecular weight excluding hydrogens is 308 g/mol. The summed E-state index contributed by atoms with van der Waals surface area (Å²) in [5.74, 6) is -0.145. The first-order chi connectivity index (χ1) is 10.3. The van der Waals surface area contributed by atoms with E-state index in [1.165, 1.54) is 0 Å². The minimum absolute atomic E-state index is 0.145. The lowest BCUT2D eigenvalue weighted by molar-refractivity contribution is -0.122. The maximum atomic E-state index is 12.3. The van der Waals surface area contributed by atoms with Gasteiger partial charge in [0.1, 0.15) is 6.04 Å². The van der Waals surface area contributed by atoms with Gasteiger partial charge in [0.05, 0.1) is 6.26 Å². The number of piperidine rings is 1. The fraction of sp³-hybridized carbons (Fsp3) is 0.846. The van der Waals surface area contributed by atoms with E-state index < -0.39 is 16.1 Å². The summed E-state index contributed by atoms with van der Waals surface area (Å²) < 4.78 is 25.1. The molecule has 0 aromatic carbocycles. The van der Waals surface area contributed by atoms with Crippen LogP contribution in [-0.2, 0) is 14.8 Å². The number of amides is 3. The quantitative estimate of drug-likeness (QED) is 0.640. The zero-order valence-electron chi connectivity index (χ0n) is 12.8. The van der Waals surface area contributed by atoms with Crippen LogP contribution in [0.25, 0.3) is 0 Å². The minimum atomic E-state index is -3.29. The first kappa shape index (κ1) is 17.0. The van der Waals surface area contributed by atoms with Crippen molar-refractivity contribution in [3.8, 4) is 0 Å². The molecule has 2 atom stereocenters. The smallest absolute Gasteiger partial charge is 0.318 e. The summed E-state index contributed by atoms with van der Waals surface area (Å²) in [6.45, 7) is 1.55. The summed E-state index contributed by atoms with van der Waals surface area (Å²) in [6, 6.07) is -1.07. The van der Waals surface area contributed by atoms with Crippen molar-refractivity contribution in [3.05, 3.63) is 0 Å². The van der Waals surface area contributed by atoms with Gasteiger partial charge in [0, 0.05) is 25.7 Å². The van der Waals surface area contributed by atoms with Crippen LogP contribution in [0.5, 0.6) is 0 Å². The topological polar surface area (TPSA) is 108 Å². The zero-order valence-corrected chi connectivity index (χ0v) is 13.6. The van der Waals surface area contributed by atoms with E-state index in [2.05, 4.69) is 15.4 Å². The molecule has 2 saturated heterocycles. The molecule has 0 bridgehead atoms. The van der Waals surface area contributed by atoms with E-state index in [0.717, 1.165) is 25.5 Å². The number of likely N-dealkylation sites (tertiary alicyclic amines) is 1. The van der Waals surface area contributed by atoms with Gasteiger partial charge in [0.2, 0.25) is 15.9 Å². The molecule has 8 nitrogen and oxygen atoms in total. The van der Waals surface area contributed by atoms with Crippen LogP contribution in [0, 0.1) is 0 Å². The van der Waals surface area contributed by atoms with E-state index in [4.69, 9.17) is 0 Å². The summed E-state index contributed by atoms with van der Waals surface area (Å²) in [5, 5.41) is 5.54. The highest BCUT2D eigenvalue weighted by molar-refractivity contribution is 7.88. The molecule has 0 aliphatic carbocycles. The molecule has 22 heavy (non-hydrogen) atoms. The van der Waals surface area contributed by atoms with Crippen LogP contribution in [0.4, 0.5) is 4.79 Å². The summed E-state index contributed by atoms with van der Waals surface area (Å²) in [6.07, 6.45) is 5.00. The standard InChI is InChI=1S/C13H24N4O4S/c1-22(20,21)16-10-5-4-8-17(9-10)13(19)15-11-6-2-3-7-14-12(11)18/h10-11,16H,2-9H2,1H3,(H,14,18)(H,15,19)/t10-,11-/m1/s1. The van der Waals surface area contributed by atoms with Crippen molar-refractivity contribution < 1.29 is 18.0 Å². The number of rotatable bonds is 3. The molecule has 2 rings (SSSR count). The average Bonchev–Trinajstić information content (AvgIpc) is 2.62. The normalized spacial score (nSPS) is 27.0. The number of hydrogen-bond donors (Lipinski definition) is 3. The molecule has 2 aliphatic heterocycles. The van der Waals surface area contributed by atoms with E-state index in [0.29, 0.717) is 32.5 Å². The lowest BCUT2D eigenvalue weighted by Gasteiger charge is -2.33. The molecule has 0 saturated carbocycles. The summed E-state index contributed by atoms with van der Waals surface area (Å²) >= 11 is 0. The zero-order chi connectivity index (χ0) is 16.2. The molecule has 0 radical (unpaired) electrons. The van der Waals surface area contributed by atoms with Crippen molar-refractivity contribution in [2.45, 2.75) is 44.2 Å². The number of carbonyl (C=O) groups is 2. The van der Waals surface area contributed by atoms with Gasteiger partial charge in [-0.1, -0.05) is 0 Å². The molecule has 0 unspecified atom stereocenters. The summed E-state index contributed by atoms with van der Waals surface area (Å²) in [7, 11) is -3.29. The fourth-order valence-corrected chi connectivity index (χ4v) is 3.68. The van der Waals surface area contributed by atoms with Gasteiger partial charge in [-0.05, 0) is 32.1 Å². The lowest BCUT2D eigenvalue weighted by Crippen LogP contribution is -2.55. The number of urea groups is 1. The number of nitrogens with zero attached hydrogens (tertiary/aromatic N) is 1. The predicted molar refractivity (Wildman–Crippen MR) is 81.8 cm³/mol. The van der Waals surface area contributed by atoms with Crippen molar-refractivity contribution in [1.82, 2.24) is 20.3 Å². The van der Waals surface area contributed by atoms with Crippen LogP contribution in [0.3, 0.4) is 0 Å². The van der Waals surface area contributed by atoms with Crippen LogP contribution >= 0.6 is 0 Å². The Morgan fingerprint density at radius 2 is 2.05 bits per heavy atom. The molecule has 9 heteroatoms. The van der Waals surface area contributed by atoms with E-state index in [1.807, 2.05) is 0 Å². The second kappa shape index (κ2) is 7.28. The van der Waals surface area contributed by atoms with Gasteiger partial charge in [-0.15, -0.1) is 0 Å². The van der Waals surface area contributed by atoms with E-state index in [9.17, 15) is 18.0 Å². The number of sulfonamides is 1. The highest BCUT2D eigenvalue weighted by Gasteiger charge is 2.29. The van der Waals surface area contributed by atoms with Gasteiger partial charge >= 0.3 is 6.03 Å². The summed E-state index contributed by atoms with van der Waals surface area (Å²) in [5.41, 5.74) is 0. The van der Waals surface area contributed by atoms with Gasteiger partial charge in [-0.25, -0.2) is 17.9 Å². The molecule has 0 aromatic rings. The Balaban J connectivity index is 1.89. The van der Waals surface area contributed by atoms with Crippen LogP contribution < -0.4 is 15.4 Å². The monoisotopic (exact) mass is 332 g/mol. The Morgan fingerprint density at radius 1 is 1.27 bits per heavy atom. The van der Waals surface area contributed by atoms with Crippen molar-refractivity contribution in [3.63, 3.8) is 0 Å². The second-order valence-electron chi connectivity index (χ2n) is 5.96. The van der Waals surface area contributed by atoms with Crippen molar-refractivity contribution in [1.29, 1.82) is 0 Å². The first-order valence-electron chi connectivity index (χ1n) is 7.65. The molecule has 0 aromatic heterocycles. The number of carbonyl (C=O) groups excluding carboxylic acids is 2. The van der Waals surface area contributed by atoms with Crippen LogP contribution in [0.1, 0.15) is 32.1 Å². The number of nitrogens with one attached hydrogen (secondary N) is 3. The van der Waals surface area contributed by atoms with Gasteiger partial charge < -0.3 is 15.5 Å². The molecule has 2 heterocycles.